The van der Waals surface area contributed by atoms with Gasteiger partial charge in [0.2, 0.25) is 0 Å². The van der Waals surface area contributed by atoms with Crippen LogP contribution in [0.4, 0.5) is 0 Å². The molecule has 1 aliphatic carbocycles. The van der Waals surface area contributed by atoms with Crippen LogP contribution in [0.25, 0.3) is 0 Å². The van der Waals surface area contributed by atoms with Crippen molar-refractivity contribution in [3.8, 4) is 0 Å². The smallest absolute Gasteiger partial charge is 0.263 e. The summed E-state index contributed by atoms with van der Waals surface area (Å²) in [6.45, 7) is 2.58. The second kappa shape index (κ2) is 4.10. The molecule has 3 nitrogen and oxygen atoms in total. The molecule has 0 bridgehead atoms. The topological polar surface area (TPSA) is 42.0 Å². The zero-order valence-electron chi connectivity index (χ0n) is 8.55. The molecule has 0 saturated heterocycles. The van der Waals surface area contributed by atoms with Crippen molar-refractivity contribution in [3.63, 3.8) is 0 Å². The Labute approximate surface area is 97.9 Å². The molecular formula is C10H13ClN2OS. The average Bonchev–Trinajstić information content (AvgIpc) is 2.90. The number of nitrogens with zero attached hydrogens (tertiary/aromatic N) is 1. The molecule has 82 valence electrons. The zero-order chi connectivity index (χ0) is 10.9. The monoisotopic (exact) mass is 244 g/mol. The summed E-state index contributed by atoms with van der Waals surface area (Å²) in [5, 5.41) is 3.83. The van der Waals surface area contributed by atoms with Gasteiger partial charge in [0.15, 0.2) is 0 Å². The Morgan fingerprint density at radius 3 is 2.93 bits per heavy atom. The van der Waals surface area contributed by atoms with Crippen LogP contribution in [0, 0.1) is 12.3 Å². The van der Waals surface area contributed by atoms with Crippen molar-refractivity contribution >= 4 is 28.8 Å². The van der Waals surface area contributed by atoms with Crippen molar-refractivity contribution in [3.05, 3.63) is 16.1 Å². The van der Waals surface area contributed by atoms with E-state index >= 15 is 0 Å². The van der Waals surface area contributed by atoms with Crippen molar-refractivity contribution < 1.29 is 4.79 Å². The molecule has 1 fully saturated rings. The number of carbonyl (C=O) groups is 1. The van der Waals surface area contributed by atoms with Crippen molar-refractivity contribution in [2.75, 3.05) is 12.4 Å². The molecule has 1 aromatic rings. The largest absolute Gasteiger partial charge is 0.351 e. The number of rotatable bonds is 4. The second-order valence-electron chi connectivity index (χ2n) is 4.06. The van der Waals surface area contributed by atoms with Gasteiger partial charge in [-0.15, -0.1) is 22.9 Å². The first-order chi connectivity index (χ1) is 7.15. The van der Waals surface area contributed by atoms with Gasteiger partial charge in [0, 0.05) is 17.8 Å². The number of aryl methyl sites for hydroxylation is 1. The lowest BCUT2D eigenvalue weighted by Gasteiger charge is -2.11. The van der Waals surface area contributed by atoms with Gasteiger partial charge in [-0.1, -0.05) is 0 Å². The van der Waals surface area contributed by atoms with E-state index in [4.69, 9.17) is 11.6 Å². The highest BCUT2D eigenvalue weighted by molar-refractivity contribution is 7.13. The van der Waals surface area contributed by atoms with Crippen LogP contribution in [0.1, 0.15) is 27.5 Å². The molecule has 0 aliphatic heterocycles. The van der Waals surface area contributed by atoms with Crippen LogP contribution in [-0.2, 0) is 0 Å². The van der Waals surface area contributed by atoms with E-state index in [0.29, 0.717) is 17.3 Å². The van der Waals surface area contributed by atoms with Crippen LogP contribution in [0.5, 0.6) is 0 Å². The van der Waals surface area contributed by atoms with Gasteiger partial charge >= 0.3 is 0 Å². The minimum Gasteiger partial charge on any atom is -0.351 e. The Kier molecular flexibility index (Phi) is 2.98. The second-order valence-corrected chi connectivity index (χ2v) is 5.56. The Morgan fingerprint density at radius 1 is 1.73 bits per heavy atom. The van der Waals surface area contributed by atoms with Crippen LogP contribution in [0.2, 0.25) is 0 Å². The summed E-state index contributed by atoms with van der Waals surface area (Å²) in [5.41, 5.74) is 0.178. The lowest BCUT2D eigenvalue weighted by Crippen LogP contribution is -2.30. The van der Waals surface area contributed by atoms with E-state index in [-0.39, 0.29) is 11.3 Å². The van der Waals surface area contributed by atoms with E-state index in [2.05, 4.69) is 10.3 Å². The standard InChI is InChI=1S/C10H13ClN2OS/c1-7-12-4-8(15-7)9(14)13-6-10(5-11)2-3-10/h4H,2-3,5-6H2,1H3,(H,13,14). The Hall–Kier alpha value is -0.610. The maximum Gasteiger partial charge on any atom is 0.263 e. The summed E-state index contributed by atoms with van der Waals surface area (Å²) in [4.78, 5) is 16.4. The molecule has 1 aliphatic rings. The quantitative estimate of drug-likeness (QED) is 0.826. The van der Waals surface area contributed by atoms with E-state index < -0.39 is 0 Å². The fraction of sp³-hybridized carbons (Fsp3) is 0.600. The average molecular weight is 245 g/mol. The van der Waals surface area contributed by atoms with Crippen molar-refractivity contribution in [2.45, 2.75) is 19.8 Å². The molecule has 1 saturated carbocycles. The molecule has 0 aromatic carbocycles. The first-order valence-electron chi connectivity index (χ1n) is 4.92. The molecule has 15 heavy (non-hydrogen) atoms. The summed E-state index contributed by atoms with van der Waals surface area (Å²) >= 11 is 7.25. The highest BCUT2D eigenvalue weighted by Crippen LogP contribution is 2.45. The van der Waals surface area contributed by atoms with Crippen LogP contribution >= 0.6 is 22.9 Å². The SMILES string of the molecule is Cc1ncc(C(=O)NCC2(CCl)CC2)s1. The number of hydrogen-bond acceptors (Lipinski definition) is 3. The third-order valence-corrected chi connectivity index (χ3v) is 4.19. The highest BCUT2D eigenvalue weighted by atomic mass is 35.5. The summed E-state index contributed by atoms with van der Waals surface area (Å²) in [6.07, 6.45) is 3.87. The van der Waals surface area contributed by atoms with Crippen molar-refractivity contribution in [1.82, 2.24) is 10.3 Å². The number of aromatic nitrogens is 1. The summed E-state index contributed by atoms with van der Waals surface area (Å²) in [6, 6.07) is 0. The molecule has 1 heterocycles. The maximum atomic E-state index is 11.7. The molecule has 0 unspecified atom stereocenters. The molecule has 0 atom stereocenters. The number of hydrogen-bond donors (Lipinski definition) is 1. The Morgan fingerprint density at radius 2 is 2.47 bits per heavy atom. The third-order valence-electron chi connectivity index (χ3n) is 2.71. The Balaban J connectivity index is 1.88. The fourth-order valence-corrected chi connectivity index (χ4v) is 2.41. The van der Waals surface area contributed by atoms with E-state index in [9.17, 15) is 4.79 Å². The molecular weight excluding hydrogens is 232 g/mol. The van der Waals surface area contributed by atoms with Crippen LogP contribution < -0.4 is 5.32 Å². The summed E-state index contributed by atoms with van der Waals surface area (Å²) in [7, 11) is 0. The predicted octanol–water partition coefficient (Wildman–Crippen LogP) is 2.20. The molecule has 2 rings (SSSR count). The molecule has 0 radical (unpaired) electrons. The van der Waals surface area contributed by atoms with Gasteiger partial charge in [-0.05, 0) is 19.8 Å². The van der Waals surface area contributed by atoms with Gasteiger partial charge < -0.3 is 5.32 Å². The van der Waals surface area contributed by atoms with Crippen molar-refractivity contribution in [1.29, 1.82) is 0 Å². The maximum absolute atomic E-state index is 11.7. The van der Waals surface area contributed by atoms with E-state index in [1.54, 1.807) is 6.20 Å². The van der Waals surface area contributed by atoms with Gasteiger partial charge in [0.25, 0.3) is 5.91 Å². The Bertz CT molecular complexity index is 373. The minimum absolute atomic E-state index is 0.0306. The number of thiazole rings is 1. The van der Waals surface area contributed by atoms with Gasteiger partial charge in [0.05, 0.1) is 11.2 Å². The molecule has 1 aromatic heterocycles. The van der Waals surface area contributed by atoms with E-state index in [0.717, 1.165) is 17.8 Å². The van der Waals surface area contributed by atoms with Crippen LogP contribution in [0.3, 0.4) is 0 Å². The first-order valence-corrected chi connectivity index (χ1v) is 6.27. The van der Waals surface area contributed by atoms with Crippen molar-refractivity contribution in [2.24, 2.45) is 5.41 Å². The number of carbonyl (C=O) groups excluding carboxylic acids is 1. The molecule has 1 N–H and O–H groups in total. The van der Waals surface area contributed by atoms with E-state index in [1.807, 2.05) is 6.92 Å². The normalized spacial score (nSPS) is 17.5. The van der Waals surface area contributed by atoms with E-state index in [1.165, 1.54) is 11.3 Å². The fourth-order valence-electron chi connectivity index (χ4n) is 1.36. The number of alkyl halides is 1. The molecule has 1 amide bonds. The van der Waals surface area contributed by atoms with Crippen LogP contribution in [0.15, 0.2) is 6.20 Å². The highest BCUT2D eigenvalue weighted by Gasteiger charge is 2.41. The van der Waals surface area contributed by atoms with Gasteiger partial charge in [0.1, 0.15) is 4.88 Å². The summed E-state index contributed by atoms with van der Waals surface area (Å²) in [5.74, 6) is 0.603. The lowest BCUT2D eigenvalue weighted by molar-refractivity contribution is 0.0950. The number of halogens is 1. The van der Waals surface area contributed by atoms with Crippen LogP contribution in [-0.4, -0.2) is 23.3 Å². The summed E-state index contributed by atoms with van der Waals surface area (Å²) < 4.78 is 0. The van der Waals surface area contributed by atoms with Gasteiger partial charge in [-0.25, -0.2) is 4.98 Å². The minimum atomic E-state index is -0.0306. The lowest BCUT2D eigenvalue weighted by atomic mass is 10.1. The molecule has 0 spiro atoms. The zero-order valence-corrected chi connectivity index (χ0v) is 10.1. The third kappa shape index (κ3) is 2.49. The number of amides is 1. The predicted molar refractivity (Wildman–Crippen MR) is 61.6 cm³/mol. The first kappa shape index (κ1) is 10.9. The van der Waals surface area contributed by atoms with Gasteiger partial charge in [-0.2, -0.15) is 0 Å². The van der Waals surface area contributed by atoms with Gasteiger partial charge in [-0.3, -0.25) is 4.79 Å². The molecule has 5 heteroatoms. The number of nitrogens with one attached hydrogen (secondary N) is 1.